The molecular formula is C33H33F3N6O5S. The fourth-order valence-corrected chi connectivity index (χ4v) is 6.29. The van der Waals surface area contributed by atoms with Crippen molar-refractivity contribution in [3.63, 3.8) is 0 Å². The van der Waals surface area contributed by atoms with Crippen molar-refractivity contribution in [1.82, 2.24) is 19.7 Å². The Morgan fingerprint density at radius 1 is 1.08 bits per heavy atom. The van der Waals surface area contributed by atoms with Crippen LogP contribution < -0.4 is 5.32 Å². The molecule has 2 aromatic carbocycles. The summed E-state index contributed by atoms with van der Waals surface area (Å²) in [5.74, 6) is -3.73. The van der Waals surface area contributed by atoms with Gasteiger partial charge < -0.3 is 19.7 Å². The van der Waals surface area contributed by atoms with E-state index in [1.807, 2.05) is 6.07 Å². The van der Waals surface area contributed by atoms with Gasteiger partial charge in [0.2, 0.25) is 9.84 Å². The summed E-state index contributed by atoms with van der Waals surface area (Å²) in [6.07, 6.45) is 4.01. The number of nitrogens with one attached hydrogen (secondary N) is 1. The summed E-state index contributed by atoms with van der Waals surface area (Å²) in [6.45, 7) is 5.82. The summed E-state index contributed by atoms with van der Waals surface area (Å²) in [5.41, 5.74) is 1.05. The van der Waals surface area contributed by atoms with Gasteiger partial charge in [0.15, 0.2) is 11.8 Å². The average molecular weight is 683 g/mol. The quantitative estimate of drug-likeness (QED) is 0.159. The molecule has 3 heterocycles. The number of ether oxygens (including phenoxy) is 2. The van der Waals surface area contributed by atoms with Gasteiger partial charge in [-0.05, 0) is 81.6 Å². The summed E-state index contributed by atoms with van der Waals surface area (Å²) in [5, 5.41) is 16.9. The van der Waals surface area contributed by atoms with Crippen LogP contribution in [0, 0.1) is 28.8 Å². The van der Waals surface area contributed by atoms with Gasteiger partial charge in [0.25, 0.3) is 0 Å². The van der Waals surface area contributed by atoms with E-state index in [0.717, 1.165) is 6.07 Å². The van der Waals surface area contributed by atoms with Crippen LogP contribution in [0.2, 0.25) is 0 Å². The molecule has 1 aliphatic rings. The molecule has 15 heteroatoms. The number of sulfone groups is 1. The lowest BCUT2D eigenvalue weighted by atomic mass is 10.0. The van der Waals surface area contributed by atoms with E-state index in [0.29, 0.717) is 49.2 Å². The van der Waals surface area contributed by atoms with E-state index in [-0.39, 0.29) is 28.7 Å². The van der Waals surface area contributed by atoms with Crippen molar-refractivity contribution in [2.45, 2.75) is 50.2 Å². The van der Waals surface area contributed by atoms with Gasteiger partial charge in [0.05, 0.1) is 11.7 Å². The lowest BCUT2D eigenvalue weighted by Crippen LogP contribution is -2.42. The van der Waals surface area contributed by atoms with E-state index < -0.39 is 56.5 Å². The van der Waals surface area contributed by atoms with Crippen LogP contribution in [0.1, 0.15) is 45.3 Å². The zero-order chi connectivity index (χ0) is 34.6. The van der Waals surface area contributed by atoms with Crippen LogP contribution in [0.15, 0.2) is 65.8 Å². The maximum atomic E-state index is 16.1. The number of carbonyl (C=O) groups is 1. The van der Waals surface area contributed by atoms with E-state index in [2.05, 4.69) is 10.3 Å². The summed E-state index contributed by atoms with van der Waals surface area (Å²) >= 11 is 0. The van der Waals surface area contributed by atoms with E-state index in [9.17, 15) is 27.3 Å². The number of likely N-dealkylation sites (tertiary alicyclic amines) is 1. The minimum atomic E-state index is -4.34. The number of rotatable bonds is 9. The Morgan fingerprint density at radius 3 is 2.54 bits per heavy atom. The number of piperidine rings is 1. The Morgan fingerprint density at radius 2 is 1.83 bits per heavy atom. The molecule has 0 radical (unpaired) electrons. The van der Waals surface area contributed by atoms with Gasteiger partial charge in [0, 0.05) is 36.6 Å². The number of hydrogen-bond acceptors (Lipinski definition) is 9. The minimum absolute atomic E-state index is 0.0274. The lowest BCUT2D eigenvalue weighted by Gasteiger charge is -2.33. The monoisotopic (exact) mass is 682 g/mol. The van der Waals surface area contributed by atoms with Crippen LogP contribution in [0.3, 0.4) is 0 Å². The molecule has 0 unspecified atom stereocenters. The molecule has 1 saturated heterocycles. The standard InChI is InChI=1S/C33H33F3N6O5S/c1-33(2,3)47-32(43)41-13-10-24(11-14-41)42-18-26(21-9-12-38-23(15-21)17-37)31(40-42)25-5-4-6-28(30(25)36)39-19-46-20-48(44,45)29-16-22(34)7-8-27(29)35/h4-9,12,15-16,18,24,39H,10-11,13-14,19-20H2,1-3H3. The van der Waals surface area contributed by atoms with E-state index in [4.69, 9.17) is 14.6 Å². The number of amides is 1. The third-order valence-corrected chi connectivity index (χ3v) is 8.95. The van der Waals surface area contributed by atoms with Gasteiger partial charge in [-0.25, -0.2) is 31.4 Å². The van der Waals surface area contributed by atoms with Crippen molar-refractivity contribution >= 4 is 21.6 Å². The Hall–Kier alpha value is -4.94. The summed E-state index contributed by atoms with van der Waals surface area (Å²) < 4.78 is 80.9. The second kappa shape index (κ2) is 14.0. The van der Waals surface area contributed by atoms with E-state index in [1.165, 1.54) is 18.3 Å². The number of hydrogen-bond donors (Lipinski definition) is 1. The van der Waals surface area contributed by atoms with Crippen molar-refractivity contribution in [3.8, 4) is 28.5 Å². The molecule has 5 rings (SSSR count). The predicted octanol–water partition coefficient (Wildman–Crippen LogP) is 6.29. The Bertz CT molecular complexity index is 1960. The van der Waals surface area contributed by atoms with Crippen LogP contribution in [-0.2, 0) is 19.3 Å². The molecule has 0 saturated carbocycles. The highest BCUT2D eigenvalue weighted by molar-refractivity contribution is 7.91. The SMILES string of the molecule is CC(C)(C)OC(=O)N1CCC(n2cc(-c3ccnc(C#N)c3)c(-c3cccc(NCOCS(=O)(=O)c4cc(F)ccc4F)c3F)n2)CC1. The first kappa shape index (κ1) is 34.4. The van der Waals surface area contributed by atoms with E-state index >= 15 is 4.39 Å². The molecule has 1 amide bonds. The highest BCUT2D eigenvalue weighted by Gasteiger charge is 2.29. The molecule has 4 aromatic rings. The molecule has 1 fully saturated rings. The fraction of sp³-hybridized carbons (Fsp3) is 0.333. The number of benzene rings is 2. The van der Waals surface area contributed by atoms with Crippen LogP contribution in [0.5, 0.6) is 0 Å². The highest BCUT2D eigenvalue weighted by atomic mass is 32.2. The minimum Gasteiger partial charge on any atom is -0.444 e. The highest BCUT2D eigenvalue weighted by Crippen LogP contribution is 2.37. The summed E-state index contributed by atoms with van der Waals surface area (Å²) in [4.78, 5) is 17.4. The molecule has 11 nitrogen and oxygen atoms in total. The summed E-state index contributed by atoms with van der Waals surface area (Å²) in [6, 6.07) is 11.8. The molecule has 0 spiro atoms. The Labute approximate surface area is 275 Å². The van der Waals surface area contributed by atoms with Crippen LogP contribution >= 0.6 is 0 Å². The lowest BCUT2D eigenvalue weighted by molar-refractivity contribution is 0.0184. The molecule has 2 aromatic heterocycles. The molecule has 48 heavy (non-hydrogen) atoms. The number of nitrogens with zero attached hydrogens (tertiary/aromatic N) is 5. The largest absolute Gasteiger partial charge is 0.444 e. The summed E-state index contributed by atoms with van der Waals surface area (Å²) in [7, 11) is -4.34. The van der Waals surface area contributed by atoms with Crippen molar-refractivity contribution in [1.29, 1.82) is 5.26 Å². The first-order valence-corrected chi connectivity index (χ1v) is 16.6. The van der Waals surface area contributed by atoms with Gasteiger partial charge in [-0.1, -0.05) is 6.07 Å². The third kappa shape index (κ3) is 7.95. The maximum Gasteiger partial charge on any atom is 0.410 e. The van der Waals surface area contributed by atoms with Crippen molar-refractivity contribution in [2.75, 3.05) is 31.1 Å². The maximum absolute atomic E-state index is 16.1. The number of carbonyl (C=O) groups excluding carboxylic acids is 1. The van der Waals surface area contributed by atoms with Crippen LogP contribution in [-0.4, -0.2) is 65.5 Å². The number of nitriles is 1. The van der Waals surface area contributed by atoms with Crippen LogP contribution in [0.25, 0.3) is 22.4 Å². The van der Waals surface area contributed by atoms with Gasteiger partial charge in [0.1, 0.15) is 46.3 Å². The van der Waals surface area contributed by atoms with Gasteiger partial charge >= 0.3 is 6.09 Å². The normalized spacial score (nSPS) is 14.1. The third-order valence-electron chi connectivity index (χ3n) is 7.49. The first-order valence-electron chi connectivity index (χ1n) is 15.0. The van der Waals surface area contributed by atoms with Gasteiger partial charge in [-0.3, -0.25) is 4.68 Å². The number of pyridine rings is 1. The number of halogens is 3. The zero-order valence-corrected chi connectivity index (χ0v) is 27.2. The molecule has 252 valence electrons. The second-order valence-corrected chi connectivity index (χ2v) is 14.0. The first-order chi connectivity index (χ1) is 22.8. The fourth-order valence-electron chi connectivity index (χ4n) is 5.20. The molecule has 0 atom stereocenters. The zero-order valence-electron chi connectivity index (χ0n) is 26.4. The molecular weight excluding hydrogens is 649 g/mol. The predicted molar refractivity (Wildman–Crippen MR) is 170 cm³/mol. The topological polar surface area (TPSA) is 139 Å². The van der Waals surface area contributed by atoms with Crippen LogP contribution in [0.4, 0.5) is 23.7 Å². The number of anilines is 1. The second-order valence-electron chi connectivity index (χ2n) is 12.1. The van der Waals surface area contributed by atoms with E-state index in [1.54, 1.807) is 54.7 Å². The van der Waals surface area contributed by atoms with Crippen molar-refractivity contribution in [3.05, 3.63) is 84.1 Å². The van der Waals surface area contributed by atoms with Crippen molar-refractivity contribution in [2.24, 2.45) is 0 Å². The average Bonchev–Trinajstić information content (AvgIpc) is 3.49. The molecule has 1 aliphatic heterocycles. The van der Waals surface area contributed by atoms with Gasteiger partial charge in [-0.2, -0.15) is 10.4 Å². The molecule has 0 bridgehead atoms. The number of aromatic nitrogens is 3. The Balaban J connectivity index is 1.37. The molecule has 0 aliphatic carbocycles. The molecule has 1 N–H and O–H groups in total. The van der Waals surface area contributed by atoms with Gasteiger partial charge in [-0.15, -0.1) is 0 Å². The Kier molecular flexibility index (Phi) is 10.1. The smallest absolute Gasteiger partial charge is 0.410 e. The van der Waals surface area contributed by atoms with Crippen molar-refractivity contribution < 1.29 is 35.9 Å².